The van der Waals surface area contributed by atoms with Crippen molar-refractivity contribution < 1.29 is 4.79 Å². The minimum atomic E-state index is -0.340. The standard InChI is InChI=1S/C13H18N2OS/c1-4-13(3,14)9-5-6-11-10(7-9)15-12(16)8(2)17-11/h5-8H,4,14H2,1-3H3,(H,15,16). The van der Waals surface area contributed by atoms with Crippen molar-refractivity contribution in [2.45, 2.75) is 42.9 Å². The minimum Gasteiger partial charge on any atom is -0.324 e. The molecule has 0 aliphatic carbocycles. The summed E-state index contributed by atoms with van der Waals surface area (Å²) in [6.07, 6.45) is 0.864. The lowest BCUT2D eigenvalue weighted by atomic mass is 9.90. The predicted molar refractivity (Wildman–Crippen MR) is 72.2 cm³/mol. The van der Waals surface area contributed by atoms with Gasteiger partial charge in [0.25, 0.3) is 0 Å². The average molecular weight is 250 g/mol. The Bertz CT molecular complexity index is 457. The maximum Gasteiger partial charge on any atom is 0.237 e. The number of rotatable bonds is 2. The van der Waals surface area contributed by atoms with E-state index >= 15 is 0 Å². The molecule has 0 saturated carbocycles. The van der Waals surface area contributed by atoms with Gasteiger partial charge in [0, 0.05) is 10.4 Å². The Labute approximate surface area is 106 Å². The molecule has 0 spiro atoms. The Morgan fingerprint density at radius 3 is 2.88 bits per heavy atom. The van der Waals surface area contributed by atoms with Crippen LogP contribution in [0.15, 0.2) is 23.1 Å². The van der Waals surface area contributed by atoms with Crippen LogP contribution >= 0.6 is 11.8 Å². The number of fused-ring (bicyclic) bond motifs is 1. The normalized spacial score (nSPS) is 22.6. The van der Waals surface area contributed by atoms with Gasteiger partial charge in [-0.25, -0.2) is 0 Å². The van der Waals surface area contributed by atoms with Gasteiger partial charge in [0.2, 0.25) is 5.91 Å². The minimum absolute atomic E-state index is 0.0243. The summed E-state index contributed by atoms with van der Waals surface area (Å²) in [5.41, 5.74) is 7.83. The lowest BCUT2D eigenvalue weighted by Crippen LogP contribution is -2.33. The lowest BCUT2D eigenvalue weighted by molar-refractivity contribution is -0.115. The second-order valence-corrected chi connectivity index (χ2v) is 6.11. The van der Waals surface area contributed by atoms with E-state index in [4.69, 9.17) is 5.73 Å². The SMILES string of the molecule is CCC(C)(N)c1ccc2c(c1)NC(=O)C(C)S2. The summed E-state index contributed by atoms with van der Waals surface area (Å²) in [4.78, 5) is 12.7. The van der Waals surface area contributed by atoms with E-state index in [0.717, 1.165) is 22.6 Å². The largest absolute Gasteiger partial charge is 0.324 e. The van der Waals surface area contributed by atoms with E-state index < -0.39 is 0 Å². The van der Waals surface area contributed by atoms with Gasteiger partial charge in [-0.3, -0.25) is 4.79 Å². The van der Waals surface area contributed by atoms with Crippen LogP contribution in [0.4, 0.5) is 5.69 Å². The maximum absolute atomic E-state index is 11.6. The molecule has 1 aromatic rings. The Morgan fingerprint density at radius 1 is 1.53 bits per heavy atom. The molecule has 1 heterocycles. The summed E-state index contributed by atoms with van der Waals surface area (Å²) < 4.78 is 0. The van der Waals surface area contributed by atoms with E-state index in [-0.39, 0.29) is 16.7 Å². The molecule has 2 rings (SSSR count). The molecule has 3 nitrogen and oxygen atoms in total. The molecule has 1 aliphatic rings. The zero-order chi connectivity index (χ0) is 12.6. The third-order valence-corrected chi connectivity index (χ3v) is 4.48. The summed E-state index contributed by atoms with van der Waals surface area (Å²) in [5, 5.41) is 2.91. The monoisotopic (exact) mass is 250 g/mol. The molecule has 0 aromatic heterocycles. The zero-order valence-electron chi connectivity index (χ0n) is 10.4. The highest BCUT2D eigenvalue weighted by Crippen LogP contribution is 2.37. The summed E-state index contributed by atoms with van der Waals surface area (Å²) in [7, 11) is 0. The van der Waals surface area contributed by atoms with Crippen molar-refractivity contribution in [2.24, 2.45) is 5.73 Å². The number of carbonyl (C=O) groups excluding carboxylic acids is 1. The molecule has 0 radical (unpaired) electrons. The van der Waals surface area contributed by atoms with Crippen molar-refractivity contribution in [3.05, 3.63) is 23.8 Å². The molecule has 4 heteroatoms. The van der Waals surface area contributed by atoms with Crippen molar-refractivity contribution in [1.29, 1.82) is 0 Å². The molecule has 3 N–H and O–H groups in total. The highest BCUT2D eigenvalue weighted by molar-refractivity contribution is 8.00. The maximum atomic E-state index is 11.6. The summed E-state index contributed by atoms with van der Waals surface area (Å²) in [6.45, 7) is 5.99. The topological polar surface area (TPSA) is 55.1 Å². The fraction of sp³-hybridized carbons (Fsp3) is 0.462. The zero-order valence-corrected chi connectivity index (χ0v) is 11.2. The van der Waals surface area contributed by atoms with Gasteiger partial charge < -0.3 is 11.1 Å². The molecule has 0 bridgehead atoms. The van der Waals surface area contributed by atoms with Gasteiger partial charge in [0.15, 0.2) is 0 Å². The molecular weight excluding hydrogens is 232 g/mol. The van der Waals surface area contributed by atoms with Gasteiger partial charge in [-0.1, -0.05) is 13.0 Å². The predicted octanol–water partition coefficient (Wildman–Crippen LogP) is 2.70. The number of nitrogens with two attached hydrogens (primary N) is 1. The van der Waals surface area contributed by atoms with Gasteiger partial charge in [0.1, 0.15) is 0 Å². The van der Waals surface area contributed by atoms with Crippen molar-refractivity contribution in [1.82, 2.24) is 0 Å². The molecule has 2 unspecified atom stereocenters. The molecular formula is C13H18N2OS. The van der Waals surface area contributed by atoms with E-state index in [2.05, 4.69) is 18.3 Å². The van der Waals surface area contributed by atoms with Gasteiger partial charge in [-0.05, 0) is 38.0 Å². The van der Waals surface area contributed by atoms with Crippen LogP contribution in [0.2, 0.25) is 0 Å². The molecule has 92 valence electrons. The molecule has 1 amide bonds. The third kappa shape index (κ3) is 2.33. The van der Waals surface area contributed by atoms with Crippen LogP contribution < -0.4 is 11.1 Å². The average Bonchev–Trinajstić information content (AvgIpc) is 2.30. The van der Waals surface area contributed by atoms with Gasteiger partial charge in [-0.2, -0.15) is 0 Å². The number of carbonyl (C=O) groups is 1. The first-order valence-electron chi connectivity index (χ1n) is 5.85. The fourth-order valence-electron chi connectivity index (χ4n) is 1.77. The highest BCUT2D eigenvalue weighted by atomic mass is 32.2. The molecule has 17 heavy (non-hydrogen) atoms. The van der Waals surface area contributed by atoms with E-state index in [1.807, 2.05) is 26.0 Å². The van der Waals surface area contributed by atoms with Crippen molar-refractivity contribution in [2.75, 3.05) is 5.32 Å². The van der Waals surface area contributed by atoms with Crippen LogP contribution in [-0.4, -0.2) is 11.2 Å². The van der Waals surface area contributed by atoms with Gasteiger partial charge in [0.05, 0.1) is 10.9 Å². The summed E-state index contributed by atoms with van der Waals surface area (Å²) in [6, 6.07) is 6.10. The third-order valence-electron chi connectivity index (χ3n) is 3.30. The van der Waals surface area contributed by atoms with Crippen LogP contribution in [0.25, 0.3) is 0 Å². The van der Waals surface area contributed by atoms with Crippen molar-refractivity contribution in [3.8, 4) is 0 Å². The van der Waals surface area contributed by atoms with Crippen molar-refractivity contribution >= 4 is 23.4 Å². The number of benzene rings is 1. The van der Waals surface area contributed by atoms with E-state index in [1.54, 1.807) is 11.8 Å². The number of nitrogens with one attached hydrogen (secondary N) is 1. The van der Waals surface area contributed by atoms with Gasteiger partial charge in [-0.15, -0.1) is 11.8 Å². The second kappa shape index (κ2) is 4.35. The number of hydrogen-bond acceptors (Lipinski definition) is 3. The summed E-state index contributed by atoms with van der Waals surface area (Å²) >= 11 is 1.59. The van der Waals surface area contributed by atoms with Crippen molar-refractivity contribution in [3.63, 3.8) is 0 Å². The Balaban J connectivity index is 2.38. The quantitative estimate of drug-likeness (QED) is 0.848. The fourth-order valence-corrected chi connectivity index (χ4v) is 2.70. The van der Waals surface area contributed by atoms with E-state index in [9.17, 15) is 4.79 Å². The first-order valence-corrected chi connectivity index (χ1v) is 6.73. The molecule has 0 saturated heterocycles. The van der Waals surface area contributed by atoms with Crippen LogP contribution in [0.3, 0.4) is 0 Å². The van der Waals surface area contributed by atoms with Gasteiger partial charge >= 0.3 is 0 Å². The highest BCUT2D eigenvalue weighted by Gasteiger charge is 2.25. The first kappa shape index (κ1) is 12.5. The number of anilines is 1. The first-order chi connectivity index (χ1) is 7.94. The molecule has 2 atom stereocenters. The molecule has 1 aromatic carbocycles. The number of thioether (sulfide) groups is 1. The Hall–Kier alpha value is -1.000. The smallest absolute Gasteiger partial charge is 0.237 e. The Kier molecular flexibility index (Phi) is 3.19. The molecule has 1 aliphatic heterocycles. The van der Waals surface area contributed by atoms with Crippen LogP contribution in [-0.2, 0) is 10.3 Å². The summed E-state index contributed by atoms with van der Waals surface area (Å²) in [5.74, 6) is 0.0647. The van der Waals surface area contributed by atoms with Crippen LogP contribution in [0.1, 0.15) is 32.8 Å². The van der Waals surface area contributed by atoms with E-state index in [0.29, 0.717) is 0 Å². The lowest BCUT2D eigenvalue weighted by Gasteiger charge is -2.27. The van der Waals surface area contributed by atoms with Crippen LogP contribution in [0.5, 0.6) is 0 Å². The van der Waals surface area contributed by atoms with E-state index in [1.165, 1.54) is 0 Å². The number of hydrogen-bond donors (Lipinski definition) is 2. The Morgan fingerprint density at radius 2 is 2.24 bits per heavy atom. The molecule has 0 fully saturated rings. The second-order valence-electron chi connectivity index (χ2n) is 4.73. The number of amides is 1. The van der Waals surface area contributed by atoms with Crippen LogP contribution in [0, 0.1) is 0 Å².